The van der Waals surface area contributed by atoms with Crippen LogP contribution in [0.3, 0.4) is 0 Å². The van der Waals surface area contributed by atoms with Crippen LogP contribution in [-0.4, -0.2) is 29.7 Å². The summed E-state index contributed by atoms with van der Waals surface area (Å²) in [6.07, 6.45) is 3.66. The molecule has 1 N–H and O–H groups in total. The summed E-state index contributed by atoms with van der Waals surface area (Å²) in [6.45, 7) is 4.10. The molecule has 1 aromatic heterocycles. The van der Waals surface area contributed by atoms with Crippen molar-refractivity contribution in [3.05, 3.63) is 27.9 Å². The van der Waals surface area contributed by atoms with Crippen molar-refractivity contribution < 1.29 is 9.66 Å². The van der Waals surface area contributed by atoms with Crippen molar-refractivity contribution >= 4 is 11.5 Å². The van der Waals surface area contributed by atoms with E-state index in [9.17, 15) is 10.1 Å². The second kappa shape index (κ2) is 5.77. The number of anilines is 1. The van der Waals surface area contributed by atoms with E-state index >= 15 is 0 Å². The summed E-state index contributed by atoms with van der Waals surface area (Å²) in [6, 6.07) is 1.54. The third-order valence-corrected chi connectivity index (χ3v) is 3.07. The number of hydrogen-bond donors (Lipinski definition) is 1. The number of aryl methyl sites for hydroxylation is 1. The summed E-state index contributed by atoms with van der Waals surface area (Å²) >= 11 is 0. The lowest BCUT2D eigenvalue weighted by Gasteiger charge is -2.09. The van der Waals surface area contributed by atoms with E-state index in [1.54, 1.807) is 13.1 Å². The van der Waals surface area contributed by atoms with E-state index in [0.29, 0.717) is 18.3 Å². The molecule has 6 heteroatoms. The van der Waals surface area contributed by atoms with Gasteiger partial charge in [0.1, 0.15) is 0 Å². The molecule has 0 aromatic carbocycles. The van der Waals surface area contributed by atoms with E-state index in [2.05, 4.69) is 10.3 Å². The molecule has 1 aliphatic rings. The smallest absolute Gasteiger partial charge is 0.311 e. The van der Waals surface area contributed by atoms with Crippen molar-refractivity contribution in [2.45, 2.75) is 19.8 Å². The predicted molar refractivity (Wildman–Crippen MR) is 67.7 cm³/mol. The summed E-state index contributed by atoms with van der Waals surface area (Å²) in [5, 5.41) is 13.9. The Morgan fingerprint density at radius 3 is 3.17 bits per heavy atom. The van der Waals surface area contributed by atoms with Gasteiger partial charge in [0, 0.05) is 32.0 Å². The highest BCUT2D eigenvalue weighted by Gasteiger charge is 2.17. The molecule has 1 saturated heterocycles. The maximum atomic E-state index is 10.9. The second-order valence-electron chi connectivity index (χ2n) is 4.58. The molecule has 0 bridgehead atoms. The first-order valence-corrected chi connectivity index (χ1v) is 6.09. The maximum Gasteiger partial charge on any atom is 0.311 e. The molecule has 0 radical (unpaired) electrons. The highest BCUT2D eigenvalue weighted by atomic mass is 16.6. The second-order valence-corrected chi connectivity index (χ2v) is 4.58. The maximum absolute atomic E-state index is 10.9. The minimum absolute atomic E-state index is 0.0395. The van der Waals surface area contributed by atoms with Crippen LogP contribution in [0.4, 0.5) is 11.5 Å². The summed E-state index contributed by atoms with van der Waals surface area (Å²) in [5.41, 5.74) is 0.828. The monoisotopic (exact) mass is 251 g/mol. The largest absolute Gasteiger partial charge is 0.381 e. The molecule has 2 heterocycles. The van der Waals surface area contributed by atoms with Crippen LogP contribution in [-0.2, 0) is 4.74 Å². The van der Waals surface area contributed by atoms with Gasteiger partial charge in [-0.3, -0.25) is 10.1 Å². The highest BCUT2D eigenvalue weighted by Crippen LogP contribution is 2.23. The third kappa shape index (κ3) is 3.16. The van der Waals surface area contributed by atoms with E-state index in [0.717, 1.165) is 31.6 Å². The third-order valence-electron chi connectivity index (χ3n) is 3.07. The van der Waals surface area contributed by atoms with E-state index in [1.807, 2.05) is 0 Å². The van der Waals surface area contributed by atoms with Crippen LogP contribution in [0, 0.1) is 23.0 Å². The van der Waals surface area contributed by atoms with Gasteiger partial charge in [-0.2, -0.15) is 0 Å². The zero-order valence-corrected chi connectivity index (χ0v) is 10.4. The average molecular weight is 251 g/mol. The zero-order valence-electron chi connectivity index (χ0n) is 10.4. The van der Waals surface area contributed by atoms with E-state index in [4.69, 9.17) is 4.74 Å². The molecule has 18 heavy (non-hydrogen) atoms. The van der Waals surface area contributed by atoms with Gasteiger partial charge in [-0.05, 0) is 31.2 Å². The molecular formula is C12H17N3O3. The Balaban J connectivity index is 1.93. The lowest BCUT2D eigenvalue weighted by Crippen LogP contribution is -2.11. The van der Waals surface area contributed by atoms with Gasteiger partial charge in [0.25, 0.3) is 0 Å². The Labute approximate surface area is 106 Å². The fraction of sp³-hybridized carbons (Fsp3) is 0.583. The molecule has 1 atom stereocenters. The molecule has 0 saturated carbocycles. The normalized spacial score (nSPS) is 18.8. The average Bonchev–Trinajstić information content (AvgIpc) is 2.84. The Kier molecular flexibility index (Phi) is 4.09. The number of ether oxygens (including phenoxy) is 1. The van der Waals surface area contributed by atoms with Crippen molar-refractivity contribution in [3.63, 3.8) is 0 Å². The van der Waals surface area contributed by atoms with Crippen LogP contribution < -0.4 is 5.32 Å². The number of nitrogens with zero attached hydrogens (tertiary/aromatic N) is 2. The van der Waals surface area contributed by atoms with Gasteiger partial charge in [0.2, 0.25) is 5.82 Å². The first-order chi connectivity index (χ1) is 8.66. The van der Waals surface area contributed by atoms with Gasteiger partial charge in [-0.25, -0.2) is 4.98 Å². The van der Waals surface area contributed by atoms with Crippen LogP contribution in [0.25, 0.3) is 0 Å². The fourth-order valence-electron chi connectivity index (χ4n) is 2.03. The molecule has 1 aliphatic heterocycles. The Hall–Kier alpha value is -1.69. The molecule has 0 spiro atoms. The number of hydrogen-bond acceptors (Lipinski definition) is 5. The number of aromatic nitrogens is 1. The summed E-state index contributed by atoms with van der Waals surface area (Å²) in [5.74, 6) is 0.909. The molecule has 2 rings (SSSR count). The van der Waals surface area contributed by atoms with Crippen molar-refractivity contribution in [2.75, 3.05) is 25.1 Å². The number of nitrogens with one attached hydrogen (secondary N) is 1. The van der Waals surface area contributed by atoms with Gasteiger partial charge in [-0.15, -0.1) is 0 Å². The van der Waals surface area contributed by atoms with Gasteiger partial charge in [0.05, 0.1) is 4.92 Å². The van der Waals surface area contributed by atoms with Gasteiger partial charge in [-0.1, -0.05) is 0 Å². The standard InChI is InChI=1S/C12H17N3O3/c1-9-6-11(15(16)17)12(14-7-9)13-4-2-10-3-5-18-8-10/h6-7,10H,2-5,8H2,1H3,(H,13,14). The lowest BCUT2D eigenvalue weighted by atomic mass is 10.1. The topological polar surface area (TPSA) is 77.3 Å². The summed E-state index contributed by atoms with van der Waals surface area (Å²) in [7, 11) is 0. The van der Waals surface area contributed by atoms with Gasteiger partial charge < -0.3 is 10.1 Å². The minimum Gasteiger partial charge on any atom is -0.381 e. The van der Waals surface area contributed by atoms with Crippen molar-refractivity contribution in [1.82, 2.24) is 4.98 Å². The quantitative estimate of drug-likeness (QED) is 0.640. The fourth-order valence-corrected chi connectivity index (χ4v) is 2.03. The van der Waals surface area contributed by atoms with Crippen LogP contribution >= 0.6 is 0 Å². The number of nitro groups is 1. The molecule has 6 nitrogen and oxygen atoms in total. The Morgan fingerprint density at radius 2 is 2.50 bits per heavy atom. The summed E-state index contributed by atoms with van der Waals surface area (Å²) < 4.78 is 5.29. The summed E-state index contributed by atoms with van der Waals surface area (Å²) in [4.78, 5) is 14.6. The van der Waals surface area contributed by atoms with E-state index in [-0.39, 0.29) is 5.69 Å². The Bertz CT molecular complexity index is 431. The Morgan fingerprint density at radius 1 is 1.67 bits per heavy atom. The highest BCUT2D eigenvalue weighted by molar-refractivity contribution is 5.56. The van der Waals surface area contributed by atoms with Crippen molar-refractivity contribution in [2.24, 2.45) is 5.92 Å². The van der Waals surface area contributed by atoms with Crippen LogP contribution in [0.15, 0.2) is 12.3 Å². The predicted octanol–water partition coefficient (Wildman–Crippen LogP) is 2.14. The molecule has 1 fully saturated rings. The minimum atomic E-state index is -0.402. The SMILES string of the molecule is Cc1cnc(NCCC2CCOC2)c([N+](=O)[O-])c1. The van der Waals surface area contributed by atoms with Crippen LogP contribution in [0.1, 0.15) is 18.4 Å². The van der Waals surface area contributed by atoms with Crippen molar-refractivity contribution in [3.8, 4) is 0 Å². The van der Waals surface area contributed by atoms with E-state index in [1.165, 1.54) is 6.07 Å². The van der Waals surface area contributed by atoms with E-state index < -0.39 is 4.92 Å². The molecule has 98 valence electrons. The van der Waals surface area contributed by atoms with Gasteiger partial charge in [0.15, 0.2) is 0 Å². The first kappa shape index (κ1) is 12.8. The van der Waals surface area contributed by atoms with Crippen molar-refractivity contribution in [1.29, 1.82) is 0 Å². The zero-order chi connectivity index (χ0) is 13.0. The number of pyridine rings is 1. The molecule has 1 unspecified atom stereocenters. The van der Waals surface area contributed by atoms with Gasteiger partial charge >= 0.3 is 5.69 Å². The van der Waals surface area contributed by atoms with Crippen LogP contribution in [0.5, 0.6) is 0 Å². The number of rotatable bonds is 5. The van der Waals surface area contributed by atoms with Crippen LogP contribution in [0.2, 0.25) is 0 Å². The molecule has 0 amide bonds. The molecular weight excluding hydrogens is 234 g/mol. The molecule has 1 aromatic rings. The molecule has 0 aliphatic carbocycles. The lowest BCUT2D eigenvalue weighted by molar-refractivity contribution is -0.384. The first-order valence-electron chi connectivity index (χ1n) is 6.09.